The minimum Gasteiger partial charge on any atom is -0.366 e. The van der Waals surface area contributed by atoms with E-state index in [0.717, 1.165) is 12.1 Å². The van der Waals surface area contributed by atoms with Crippen molar-refractivity contribution in [1.82, 2.24) is 9.97 Å². The highest BCUT2D eigenvalue weighted by Gasteiger charge is 2.31. The minimum absolute atomic E-state index is 0.0809. The second kappa shape index (κ2) is 6.65. The second-order valence-corrected chi connectivity index (χ2v) is 4.66. The molecule has 2 N–H and O–H groups in total. The summed E-state index contributed by atoms with van der Waals surface area (Å²) in [6.07, 6.45) is -1.32. The Morgan fingerprint density at radius 3 is 2.73 bits per heavy atom. The van der Waals surface area contributed by atoms with Crippen LogP contribution in [0.5, 0.6) is 0 Å². The van der Waals surface area contributed by atoms with Gasteiger partial charge in [0, 0.05) is 12.7 Å². The molecular formula is C14H12ClF3N4. The first-order valence-electron chi connectivity index (χ1n) is 6.22. The molecule has 0 bridgehead atoms. The first-order chi connectivity index (χ1) is 10.4. The van der Waals surface area contributed by atoms with Gasteiger partial charge < -0.3 is 10.6 Å². The van der Waals surface area contributed by atoms with Gasteiger partial charge in [0.25, 0.3) is 0 Å². The van der Waals surface area contributed by atoms with Crippen LogP contribution in [0.1, 0.15) is 5.56 Å². The van der Waals surface area contributed by atoms with Crippen molar-refractivity contribution in [3.05, 3.63) is 53.7 Å². The van der Waals surface area contributed by atoms with E-state index in [1.54, 1.807) is 12.1 Å². The van der Waals surface area contributed by atoms with Crippen LogP contribution < -0.4 is 10.6 Å². The van der Waals surface area contributed by atoms with E-state index >= 15 is 0 Å². The molecule has 0 unspecified atom stereocenters. The molecule has 0 spiro atoms. The SMILES string of the molecule is C=CCNc1ccnc(Nc2cc(C(F)(F)F)ccc2Cl)n1. The molecule has 0 amide bonds. The molecule has 1 aromatic heterocycles. The van der Waals surface area contributed by atoms with Gasteiger partial charge in [-0.1, -0.05) is 17.7 Å². The third-order valence-electron chi connectivity index (χ3n) is 2.62. The molecule has 4 nitrogen and oxygen atoms in total. The third-order valence-corrected chi connectivity index (χ3v) is 2.95. The molecule has 0 atom stereocenters. The van der Waals surface area contributed by atoms with Crippen molar-refractivity contribution in [1.29, 1.82) is 0 Å². The number of nitrogens with one attached hydrogen (secondary N) is 2. The number of rotatable bonds is 5. The predicted octanol–water partition coefficient (Wildman–Crippen LogP) is 4.49. The molecule has 0 aliphatic heterocycles. The van der Waals surface area contributed by atoms with Gasteiger partial charge in [0.15, 0.2) is 0 Å². The van der Waals surface area contributed by atoms with Crippen LogP contribution >= 0.6 is 11.6 Å². The molecule has 116 valence electrons. The highest BCUT2D eigenvalue weighted by atomic mass is 35.5. The highest BCUT2D eigenvalue weighted by Crippen LogP contribution is 2.34. The van der Waals surface area contributed by atoms with E-state index in [1.165, 1.54) is 12.3 Å². The summed E-state index contributed by atoms with van der Waals surface area (Å²) < 4.78 is 38.2. The Bertz CT molecular complexity index is 673. The Hall–Kier alpha value is -2.28. The minimum atomic E-state index is -4.45. The van der Waals surface area contributed by atoms with Crippen molar-refractivity contribution in [2.24, 2.45) is 0 Å². The lowest BCUT2D eigenvalue weighted by Crippen LogP contribution is -2.07. The lowest BCUT2D eigenvalue weighted by molar-refractivity contribution is -0.137. The van der Waals surface area contributed by atoms with E-state index in [-0.39, 0.29) is 16.7 Å². The fraction of sp³-hybridized carbons (Fsp3) is 0.143. The molecule has 2 rings (SSSR count). The summed E-state index contributed by atoms with van der Waals surface area (Å²) in [6, 6.07) is 4.63. The van der Waals surface area contributed by atoms with Crippen LogP contribution in [0.15, 0.2) is 43.1 Å². The molecule has 1 heterocycles. The quantitative estimate of drug-likeness (QED) is 0.794. The molecule has 0 radical (unpaired) electrons. The van der Waals surface area contributed by atoms with Gasteiger partial charge in [0.05, 0.1) is 16.3 Å². The molecule has 8 heteroatoms. The number of alkyl halides is 3. The van der Waals surface area contributed by atoms with E-state index in [1.807, 2.05) is 0 Å². The average Bonchev–Trinajstić information content (AvgIpc) is 2.46. The van der Waals surface area contributed by atoms with Crippen molar-refractivity contribution >= 4 is 29.1 Å². The molecule has 0 saturated carbocycles. The second-order valence-electron chi connectivity index (χ2n) is 4.25. The maximum atomic E-state index is 12.7. The highest BCUT2D eigenvalue weighted by molar-refractivity contribution is 6.33. The maximum absolute atomic E-state index is 12.7. The summed E-state index contributed by atoms with van der Waals surface area (Å²) in [5.41, 5.74) is -0.724. The average molecular weight is 329 g/mol. The van der Waals surface area contributed by atoms with Gasteiger partial charge in [-0.2, -0.15) is 18.2 Å². The monoisotopic (exact) mass is 328 g/mol. The van der Waals surface area contributed by atoms with Crippen LogP contribution in [0.3, 0.4) is 0 Å². The lowest BCUT2D eigenvalue weighted by Gasteiger charge is -2.12. The zero-order chi connectivity index (χ0) is 16.2. The van der Waals surface area contributed by atoms with Crippen molar-refractivity contribution in [3.63, 3.8) is 0 Å². The van der Waals surface area contributed by atoms with Crippen LogP contribution in [0.2, 0.25) is 5.02 Å². The summed E-state index contributed by atoms with van der Waals surface area (Å²) in [4.78, 5) is 8.07. The van der Waals surface area contributed by atoms with Crippen LogP contribution in [0.25, 0.3) is 0 Å². The van der Waals surface area contributed by atoms with Crippen molar-refractivity contribution in [2.45, 2.75) is 6.18 Å². The van der Waals surface area contributed by atoms with Crippen LogP contribution in [0.4, 0.5) is 30.6 Å². The number of nitrogens with zero attached hydrogens (tertiary/aromatic N) is 2. The van der Waals surface area contributed by atoms with Gasteiger partial charge in [-0.25, -0.2) is 4.98 Å². The molecule has 0 saturated heterocycles. The van der Waals surface area contributed by atoms with Crippen LogP contribution in [0, 0.1) is 0 Å². The number of benzene rings is 1. The van der Waals surface area contributed by atoms with E-state index in [0.29, 0.717) is 12.4 Å². The fourth-order valence-corrected chi connectivity index (χ4v) is 1.78. The molecule has 0 aliphatic rings. The molecule has 0 fully saturated rings. The number of anilines is 3. The number of halogens is 4. The van der Waals surface area contributed by atoms with Crippen molar-refractivity contribution in [2.75, 3.05) is 17.2 Å². The first-order valence-corrected chi connectivity index (χ1v) is 6.59. The van der Waals surface area contributed by atoms with Gasteiger partial charge in [-0.3, -0.25) is 0 Å². The normalized spacial score (nSPS) is 11.1. The number of aromatic nitrogens is 2. The third kappa shape index (κ3) is 4.11. The zero-order valence-corrected chi connectivity index (χ0v) is 12.0. The predicted molar refractivity (Wildman–Crippen MR) is 80.5 cm³/mol. The molecule has 1 aromatic carbocycles. The summed E-state index contributed by atoms with van der Waals surface area (Å²) in [6.45, 7) is 4.07. The summed E-state index contributed by atoms with van der Waals surface area (Å²) in [5, 5.41) is 5.77. The Morgan fingerprint density at radius 2 is 2.05 bits per heavy atom. The Kier molecular flexibility index (Phi) is 4.87. The topological polar surface area (TPSA) is 49.8 Å². The largest absolute Gasteiger partial charge is 0.416 e. The molecular weight excluding hydrogens is 317 g/mol. The Labute approximate surface area is 130 Å². The Morgan fingerprint density at radius 1 is 1.27 bits per heavy atom. The van der Waals surface area contributed by atoms with E-state index in [2.05, 4.69) is 27.2 Å². The van der Waals surface area contributed by atoms with Gasteiger partial charge in [-0.15, -0.1) is 6.58 Å². The maximum Gasteiger partial charge on any atom is 0.416 e. The van der Waals surface area contributed by atoms with Crippen molar-refractivity contribution < 1.29 is 13.2 Å². The smallest absolute Gasteiger partial charge is 0.366 e. The van der Waals surface area contributed by atoms with E-state index < -0.39 is 11.7 Å². The standard InChI is InChI=1S/C14H12ClF3N4/c1-2-6-19-12-5-7-20-13(22-12)21-11-8-9(14(16,17)18)3-4-10(11)15/h2-5,7-8H,1,6H2,(H2,19,20,21,22). The fourth-order valence-electron chi connectivity index (χ4n) is 1.61. The molecule has 2 aromatic rings. The van der Waals surface area contributed by atoms with Gasteiger partial charge in [-0.05, 0) is 24.3 Å². The number of hydrogen-bond acceptors (Lipinski definition) is 4. The summed E-state index contributed by atoms with van der Waals surface area (Å²) in [5.74, 6) is 0.649. The van der Waals surface area contributed by atoms with Gasteiger partial charge in [0.2, 0.25) is 5.95 Å². The lowest BCUT2D eigenvalue weighted by atomic mass is 10.2. The van der Waals surface area contributed by atoms with Crippen LogP contribution in [-0.4, -0.2) is 16.5 Å². The Balaban J connectivity index is 2.25. The number of hydrogen-bond donors (Lipinski definition) is 2. The summed E-state index contributed by atoms with van der Waals surface area (Å²) >= 11 is 5.91. The van der Waals surface area contributed by atoms with Gasteiger partial charge >= 0.3 is 6.18 Å². The van der Waals surface area contributed by atoms with Crippen molar-refractivity contribution in [3.8, 4) is 0 Å². The zero-order valence-electron chi connectivity index (χ0n) is 11.3. The van der Waals surface area contributed by atoms with Crippen LogP contribution in [-0.2, 0) is 6.18 Å². The first kappa shape index (κ1) is 16.1. The van der Waals surface area contributed by atoms with E-state index in [4.69, 9.17) is 11.6 Å². The molecule has 22 heavy (non-hydrogen) atoms. The summed E-state index contributed by atoms with van der Waals surface area (Å²) in [7, 11) is 0. The van der Waals surface area contributed by atoms with E-state index in [9.17, 15) is 13.2 Å². The van der Waals surface area contributed by atoms with Gasteiger partial charge in [0.1, 0.15) is 5.82 Å². The molecule has 0 aliphatic carbocycles.